The van der Waals surface area contributed by atoms with E-state index in [1.54, 1.807) is 36.7 Å². The number of ketones is 1. The van der Waals surface area contributed by atoms with Crippen LogP contribution in [-0.2, 0) is 16.0 Å². The van der Waals surface area contributed by atoms with Crippen LogP contribution in [0.3, 0.4) is 0 Å². The van der Waals surface area contributed by atoms with Gasteiger partial charge in [-0.15, -0.1) is 0 Å². The van der Waals surface area contributed by atoms with Crippen molar-refractivity contribution in [3.05, 3.63) is 54.4 Å². The fourth-order valence-corrected chi connectivity index (χ4v) is 2.84. The molecule has 3 heterocycles. The maximum absolute atomic E-state index is 12.6. The van der Waals surface area contributed by atoms with Crippen molar-refractivity contribution in [1.29, 1.82) is 0 Å². The van der Waals surface area contributed by atoms with Crippen molar-refractivity contribution in [2.75, 3.05) is 0 Å². The second-order valence-corrected chi connectivity index (χ2v) is 5.76. The lowest BCUT2D eigenvalue weighted by molar-refractivity contribution is -0.137. The normalized spacial score (nSPS) is 11.7. The van der Waals surface area contributed by atoms with Crippen LogP contribution in [0.4, 0.5) is 0 Å². The lowest BCUT2D eigenvalue weighted by Crippen LogP contribution is -2.47. The molecular formula is C16H13N5O4S. The average molecular weight is 371 g/mol. The van der Waals surface area contributed by atoms with E-state index in [-0.39, 0.29) is 12.1 Å². The maximum atomic E-state index is 12.6. The van der Waals surface area contributed by atoms with Crippen LogP contribution >= 0.6 is 11.7 Å². The number of carbonyl (C=O) groups excluding carboxylic acids is 3. The molecule has 0 aliphatic rings. The number of rotatable bonds is 7. The topological polar surface area (TPSA) is 141 Å². The first-order valence-electron chi connectivity index (χ1n) is 7.46. The molecule has 1 unspecified atom stereocenters. The first-order chi connectivity index (χ1) is 12.6. The van der Waals surface area contributed by atoms with Crippen molar-refractivity contribution in [3.8, 4) is 11.3 Å². The van der Waals surface area contributed by atoms with Gasteiger partial charge in [-0.2, -0.15) is 8.75 Å². The molecule has 1 atom stereocenters. The summed E-state index contributed by atoms with van der Waals surface area (Å²) in [4.78, 5) is 39.9. The van der Waals surface area contributed by atoms with Crippen molar-refractivity contribution >= 4 is 29.3 Å². The summed E-state index contributed by atoms with van der Waals surface area (Å²) in [5, 5.41) is 2.49. The molecule has 0 aliphatic heterocycles. The Morgan fingerprint density at radius 1 is 1.19 bits per heavy atom. The number of amides is 2. The third-order valence-electron chi connectivity index (χ3n) is 3.51. The van der Waals surface area contributed by atoms with Gasteiger partial charge in [0.15, 0.2) is 5.69 Å². The number of primary amides is 1. The van der Waals surface area contributed by atoms with Crippen molar-refractivity contribution in [3.63, 3.8) is 0 Å². The third-order valence-corrected chi connectivity index (χ3v) is 4.04. The van der Waals surface area contributed by atoms with E-state index in [9.17, 15) is 14.4 Å². The molecule has 0 bridgehead atoms. The summed E-state index contributed by atoms with van der Waals surface area (Å²) in [5.74, 6) is -2.29. The maximum Gasteiger partial charge on any atom is 0.287 e. The van der Waals surface area contributed by atoms with E-state index in [0.717, 1.165) is 11.7 Å². The molecule has 10 heteroatoms. The standard InChI is InChI=1S/C16H13N5O4S/c17-15(23)14(22)11(8-10-2-1-7-25-10)19-16(24)13-12(20-26-21-13)9-3-5-18-6-4-9/h1-7,11H,8H2,(H2,17,23)(H,19,24). The van der Waals surface area contributed by atoms with Gasteiger partial charge in [-0.25, -0.2) is 0 Å². The Balaban J connectivity index is 1.83. The van der Waals surface area contributed by atoms with Crippen LogP contribution in [0.25, 0.3) is 11.3 Å². The zero-order valence-corrected chi connectivity index (χ0v) is 14.1. The number of nitrogens with zero attached hydrogens (tertiary/aromatic N) is 3. The molecule has 3 rings (SSSR count). The molecule has 0 saturated heterocycles. The summed E-state index contributed by atoms with van der Waals surface area (Å²) in [6.07, 6.45) is 4.54. The van der Waals surface area contributed by atoms with Gasteiger partial charge in [0, 0.05) is 24.4 Å². The Bertz CT molecular complexity index is 923. The van der Waals surface area contributed by atoms with Gasteiger partial charge >= 0.3 is 0 Å². The number of pyridine rings is 1. The number of Topliss-reactive ketones (excluding diaryl/α,β-unsaturated/α-hetero) is 1. The van der Waals surface area contributed by atoms with Crippen LogP contribution in [0, 0.1) is 0 Å². The largest absolute Gasteiger partial charge is 0.469 e. The minimum atomic E-state index is -1.17. The van der Waals surface area contributed by atoms with Crippen LogP contribution in [0.2, 0.25) is 0 Å². The molecule has 0 spiro atoms. The Kier molecular flexibility index (Phi) is 5.13. The molecule has 3 N–H and O–H groups in total. The molecule has 132 valence electrons. The molecule has 2 amide bonds. The van der Waals surface area contributed by atoms with E-state index >= 15 is 0 Å². The van der Waals surface area contributed by atoms with Gasteiger partial charge < -0.3 is 15.5 Å². The fourth-order valence-electron chi connectivity index (χ4n) is 2.27. The van der Waals surface area contributed by atoms with E-state index in [1.165, 1.54) is 6.26 Å². The van der Waals surface area contributed by atoms with Crippen LogP contribution in [-0.4, -0.2) is 37.4 Å². The van der Waals surface area contributed by atoms with Crippen LogP contribution in [0.15, 0.2) is 47.3 Å². The van der Waals surface area contributed by atoms with Crippen molar-refractivity contribution in [2.24, 2.45) is 5.73 Å². The summed E-state index contributed by atoms with van der Waals surface area (Å²) in [5.41, 5.74) is 6.14. The van der Waals surface area contributed by atoms with Gasteiger partial charge in [-0.1, -0.05) is 0 Å². The zero-order valence-electron chi connectivity index (χ0n) is 13.3. The smallest absolute Gasteiger partial charge is 0.287 e. The van der Waals surface area contributed by atoms with Crippen molar-refractivity contribution in [2.45, 2.75) is 12.5 Å². The molecule has 0 aromatic carbocycles. The molecular weight excluding hydrogens is 358 g/mol. The van der Waals surface area contributed by atoms with Crippen LogP contribution < -0.4 is 11.1 Å². The second kappa shape index (κ2) is 7.66. The van der Waals surface area contributed by atoms with Gasteiger partial charge in [0.1, 0.15) is 17.5 Å². The lowest BCUT2D eigenvalue weighted by Gasteiger charge is -2.14. The summed E-state index contributed by atoms with van der Waals surface area (Å²) in [7, 11) is 0. The minimum Gasteiger partial charge on any atom is -0.469 e. The number of hydrogen-bond acceptors (Lipinski definition) is 8. The molecule has 26 heavy (non-hydrogen) atoms. The van der Waals surface area contributed by atoms with Gasteiger partial charge in [-0.05, 0) is 24.3 Å². The number of nitrogens with one attached hydrogen (secondary N) is 1. The molecule has 0 fully saturated rings. The van der Waals surface area contributed by atoms with Crippen molar-refractivity contribution in [1.82, 2.24) is 19.0 Å². The second-order valence-electron chi connectivity index (χ2n) is 5.24. The Morgan fingerprint density at radius 2 is 1.96 bits per heavy atom. The monoisotopic (exact) mass is 371 g/mol. The van der Waals surface area contributed by atoms with Crippen LogP contribution in [0.5, 0.6) is 0 Å². The number of furan rings is 1. The predicted molar refractivity (Wildman–Crippen MR) is 91.0 cm³/mol. The summed E-state index contributed by atoms with van der Waals surface area (Å²) in [6.45, 7) is 0. The SMILES string of the molecule is NC(=O)C(=O)C(Cc1ccco1)NC(=O)c1nsnc1-c1ccncc1. The quantitative estimate of drug-likeness (QED) is 0.579. The Labute approximate surface area is 151 Å². The Hall–Kier alpha value is -3.40. The fraction of sp³-hybridized carbons (Fsp3) is 0.125. The zero-order chi connectivity index (χ0) is 18.5. The van der Waals surface area contributed by atoms with E-state index in [2.05, 4.69) is 19.0 Å². The highest BCUT2D eigenvalue weighted by Gasteiger charge is 2.28. The van der Waals surface area contributed by atoms with E-state index in [4.69, 9.17) is 10.2 Å². The van der Waals surface area contributed by atoms with Crippen LogP contribution in [0.1, 0.15) is 16.2 Å². The third kappa shape index (κ3) is 3.81. The average Bonchev–Trinajstić information content (AvgIpc) is 3.32. The number of nitrogens with two attached hydrogens (primary N) is 1. The number of aromatic nitrogens is 3. The predicted octanol–water partition coefficient (Wildman–Crippen LogP) is 0.589. The molecule has 3 aromatic rings. The summed E-state index contributed by atoms with van der Waals surface area (Å²) in [6, 6.07) is 5.46. The number of carbonyl (C=O) groups is 3. The highest BCUT2D eigenvalue weighted by Crippen LogP contribution is 2.21. The number of hydrogen-bond donors (Lipinski definition) is 2. The highest BCUT2D eigenvalue weighted by atomic mass is 32.1. The van der Waals surface area contributed by atoms with Crippen molar-refractivity contribution < 1.29 is 18.8 Å². The Morgan fingerprint density at radius 3 is 2.62 bits per heavy atom. The van der Waals surface area contributed by atoms with E-state index in [0.29, 0.717) is 17.0 Å². The summed E-state index contributed by atoms with van der Waals surface area (Å²) >= 11 is 0.860. The minimum absolute atomic E-state index is 0.0112. The lowest BCUT2D eigenvalue weighted by atomic mass is 10.1. The van der Waals surface area contributed by atoms with E-state index in [1.807, 2.05) is 0 Å². The van der Waals surface area contributed by atoms with Gasteiger partial charge in [0.05, 0.1) is 18.0 Å². The van der Waals surface area contributed by atoms with Gasteiger partial charge in [0.2, 0.25) is 5.78 Å². The van der Waals surface area contributed by atoms with Gasteiger partial charge in [-0.3, -0.25) is 19.4 Å². The molecule has 9 nitrogen and oxygen atoms in total. The first-order valence-corrected chi connectivity index (χ1v) is 8.19. The molecule has 0 aliphatic carbocycles. The molecule has 0 radical (unpaired) electrons. The highest BCUT2D eigenvalue weighted by molar-refractivity contribution is 6.99. The molecule has 3 aromatic heterocycles. The molecule has 0 saturated carbocycles. The summed E-state index contributed by atoms with van der Waals surface area (Å²) < 4.78 is 13.3. The first kappa shape index (κ1) is 17.4. The van der Waals surface area contributed by atoms with E-state index < -0.39 is 23.6 Å². The van der Waals surface area contributed by atoms with Gasteiger partial charge in [0.25, 0.3) is 11.8 Å².